The summed E-state index contributed by atoms with van der Waals surface area (Å²) < 4.78 is 1.57. The maximum atomic E-state index is 12.5. The van der Waals surface area contributed by atoms with E-state index >= 15 is 0 Å². The average molecular weight is 272 g/mol. The third-order valence-electron chi connectivity index (χ3n) is 3.05. The zero-order valence-electron chi connectivity index (χ0n) is 11.7. The van der Waals surface area contributed by atoms with Crippen molar-refractivity contribution in [1.82, 2.24) is 9.78 Å². The summed E-state index contributed by atoms with van der Waals surface area (Å²) in [5, 5.41) is 4.06. The highest BCUT2D eigenvalue weighted by Crippen LogP contribution is 2.15. The lowest BCUT2D eigenvalue weighted by atomic mass is 10.2. The summed E-state index contributed by atoms with van der Waals surface area (Å²) >= 11 is 0. The van der Waals surface area contributed by atoms with Gasteiger partial charge in [0.05, 0.1) is 11.9 Å². The number of nitrogen functional groups attached to an aromatic ring is 1. The van der Waals surface area contributed by atoms with Crippen molar-refractivity contribution in [3.8, 4) is 0 Å². The number of hydrogen-bond acceptors (Lipinski definition) is 3. The number of nitrogens with two attached hydrogens (primary N) is 1. The summed E-state index contributed by atoms with van der Waals surface area (Å²) in [6, 6.07) is 9.72. The Hall–Kier alpha value is -2.30. The first-order chi connectivity index (χ1) is 9.70. The molecule has 2 aromatic rings. The van der Waals surface area contributed by atoms with Gasteiger partial charge in [-0.1, -0.05) is 31.5 Å². The lowest BCUT2D eigenvalue weighted by Crippen LogP contribution is -2.34. The minimum Gasteiger partial charge on any atom is -0.396 e. The van der Waals surface area contributed by atoms with Gasteiger partial charge in [-0.2, -0.15) is 5.10 Å². The molecule has 0 spiro atoms. The van der Waals surface area contributed by atoms with E-state index in [0.29, 0.717) is 5.69 Å². The normalized spacial score (nSPS) is 10.4. The number of unbranched alkanes of at least 4 members (excludes halogenated alkanes) is 1. The molecule has 1 aromatic carbocycles. The maximum absolute atomic E-state index is 12.5. The molecule has 1 heterocycles. The lowest BCUT2D eigenvalue weighted by Gasteiger charge is -2.22. The molecule has 0 saturated heterocycles. The van der Waals surface area contributed by atoms with Crippen LogP contribution >= 0.6 is 0 Å². The van der Waals surface area contributed by atoms with Crippen molar-refractivity contribution in [2.24, 2.45) is 0 Å². The molecule has 5 heteroatoms. The first-order valence-corrected chi connectivity index (χ1v) is 6.84. The number of rotatable bonds is 6. The van der Waals surface area contributed by atoms with E-state index in [2.05, 4.69) is 12.0 Å². The summed E-state index contributed by atoms with van der Waals surface area (Å²) in [7, 11) is 0. The topological polar surface area (TPSA) is 64.2 Å². The van der Waals surface area contributed by atoms with Crippen LogP contribution in [0.2, 0.25) is 0 Å². The summed E-state index contributed by atoms with van der Waals surface area (Å²) in [6.45, 7) is 3.04. The first-order valence-electron chi connectivity index (χ1n) is 6.84. The van der Waals surface area contributed by atoms with E-state index in [1.807, 2.05) is 30.3 Å². The maximum Gasteiger partial charge on any atom is 0.248 e. The Morgan fingerprint density at radius 1 is 1.35 bits per heavy atom. The molecule has 0 aliphatic heterocycles. The molecule has 0 unspecified atom stereocenters. The fraction of sp³-hybridized carbons (Fsp3) is 0.333. The Labute approximate surface area is 119 Å². The van der Waals surface area contributed by atoms with Crippen LogP contribution in [0.5, 0.6) is 0 Å². The summed E-state index contributed by atoms with van der Waals surface area (Å²) in [6.07, 6.45) is 5.24. The molecule has 0 radical (unpaired) electrons. The largest absolute Gasteiger partial charge is 0.396 e. The van der Waals surface area contributed by atoms with Crippen LogP contribution in [0.15, 0.2) is 42.7 Å². The minimum atomic E-state index is 0.0211. The summed E-state index contributed by atoms with van der Waals surface area (Å²) in [4.78, 5) is 14.3. The second-order valence-corrected chi connectivity index (χ2v) is 4.71. The predicted molar refractivity (Wildman–Crippen MR) is 80.3 cm³/mol. The van der Waals surface area contributed by atoms with Gasteiger partial charge in [0.1, 0.15) is 6.54 Å². The van der Waals surface area contributed by atoms with E-state index in [1.165, 1.54) is 0 Å². The Morgan fingerprint density at radius 2 is 2.10 bits per heavy atom. The van der Waals surface area contributed by atoms with Gasteiger partial charge in [-0.25, -0.2) is 0 Å². The lowest BCUT2D eigenvalue weighted by molar-refractivity contribution is -0.119. The zero-order chi connectivity index (χ0) is 14.4. The first kappa shape index (κ1) is 14.1. The molecule has 0 fully saturated rings. The second-order valence-electron chi connectivity index (χ2n) is 4.71. The van der Waals surface area contributed by atoms with Gasteiger partial charge in [-0.3, -0.25) is 9.48 Å². The molecule has 2 rings (SSSR count). The van der Waals surface area contributed by atoms with Crippen molar-refractivity contribution in [3.63, 3.8) is 0 Å². The molecular weight excluding hydrogens is 252 g/mol. The fourth-order valence-electron chi connectivity index (χ4n) is 2.01. The highest BCUT2D eigenvalue weighted by atomic mass is 16.2. The van der Waals surface area contributed by atoms with Crippen LogP contribution in [0, 0.1) is 0 Å². The SMILES string of the molecule is CCCCN(C(=O)Cn1cc(N)cn1)c1ccccc1. The molecule has 106 valence electrons. The van der Waals surface area contributed by atoms with Crippen molar-refractivity contribution in [3.05, 3.63) is 42.7 Å². The number of nitrogens with zero attached hydrogens (tertiary/aromatic N) is 3. The second kappa shape index (κ2) is 6.75. The van der Waals surface area contributed by atoms with E-state index in [4.69, 9.17) is 5.73 Å². The number of hydrogen-bond donors (Lipinski definition) is 1. The van der Waals surface area contributed by atoms with Crippen molar-refractivity contribution in [2.75, 3.05) is 17.2 Å². The highest BCUT2D eigenvalue weighted by molar-refractivity contribution is 5.93. The third-order valence-corrected chi connectivity index (χ3v) is 3.05. The van der Waals surface area contributed by atoms with Crippen molar-refractivity contribution in [2.45, 2.75) is 26.3 Å². The molecule has 1 amide bonds. The number of amides is 1. The molecule has 0 bridgehead atoms. The average Bonchev–Trinajstić information content (AvgIpc) is 2.86. The molecule has 0 aliphatic carbocycles. The van der Waals surface area contributed by atoms with E-state index in [-0.39, 0.29) is 12.5 Å². The van der Waals surface area contributed by atoms with Crippen LogP contribution in [-0.4, -0.2) is 22.2 Å². The number of carbonyl (C=O) groups excluding carboxylic acids is 1. The smallest absolute Gasteiger partial charge is 0.248 e. The van der Waals surface area contributed by atoms with Gasteiger partial charge in [0, 0.05) is 18.4 Å². The van der Waals surface area contributed by atoms with E-state index in [0.717, 1.165) is 25.1 Å². The van der Waals surface area contributed by atoms with Gasteiger partial charge in [0.25, 0.3) is 0 Å². The highest BCUT2D eigenvalue weighted by Gasteiger charge is 2.15. The van der Waals surface area contributed by atoms with Crippen LogP contribution in [0.4, 0.5) is 11.4 Å². The summed E-state index contributed by atoms with van der Waals surface area (Å²) in [5.41, 5.74) is 7.10. The Morgan fingerprint density at radius 3 is 2.70 bits per heavy atom. The summed E-state index contributed by atoms with van der Waals surface area (Å²) in [5.74, 6) is 0.0211. The van der Waals surface area contributed by atoms with Gasteiger partial charge in [-0.05, 0) is 18.6 Å². The van der Waals surface area contributed by atoms with Crippen molar-refractivity contribution < 1.29 is 4.79 Å². The number of benzene rings is 1. The van der Waals surface area contributed by atoms with Gasteiger partial charge in [-0.15, -0.1) is 0 Å². The molecule has 0 atom stereocenters. The molecule has 2 N–H and O–H groups in total. The van der Waals surface area contributed by atoms with Crippen molar-refractivity contribution >= 4 is 17.3 Å². The van der Waals surface area contributed by atoms with Crippen LogP contribution in [0.1, 0.15) is 19.8 Å². The Bertz CT molecular complexity index is 550. The van der Waals surface area contributed by atoms with Crippen LogP contribution in [-0.2, 0) is 11.3 Å². The number of anilines is 2. The molecule has 5 nitrogen and oxygen atoms in total. The number of carbonyl (C=O) groups is 1. The van der Waals surface area contributed by atoms with Gasteiger partial charge < -0.3 is 10.6 Å². The van der Waals surface area contributed by atoms with Crippen LogP contribution in [0.3, 0.4) is 0 Å². The Kier molecular flexibility index (Phi) is 4.76. The molecule has 0 saturated carbocycles. The molecule has 20 heavy (non-hydrogen) atoms. The molecule has 1 aromatic heterocycles. The van der Waals surface area contributed by atoms with Crippen LogP contribution in [0.25, 0.3) is 0 Å². The monoisotopic (exact) mass is 272 g/mol. The predicted octanol–water partition coefficient (Wildman–Crippen LogP) is 2.30. The van der Waals surface area contributed by atoms with Gasteiger partial charge in [0.15, 0.2) is 0 Å². The van der Waals surface area contributed by atoms with Gasteiger partial charge in [0.2, 0.25) is 5.91 Å². The zero-order valence-corrected chi connectivity index (χ0v) is 11.7. The molecule has 0 aliphatic rings. The third kappa shape index (κ3) is 3.60. The quantitative estimate of drug-likeness (QED) is 0.877. The van der Waals surface area contributed by atoms with Crippen LogP contribution < -0.4 is 10.6 Å². The fourth-order valence-corrected chi connectivity index (χ4v) is 2.01. The Balaban J connectivity index is 2.11. The van der Waals surface area contributed by atoms with E-state index in [9.17, 15) is 4.79 Å². The van der Waals surface area contributed by atoms with Crippen molar-refractivity contribution in [1.29, 1.82) is 0 Å². The van der Waals surface area contributed by atoms with E-state index in [1.54, 1.807) is 22.0 Å². The number of para-hydroxylation sites is 1. The standard InChI is InChI=1S/C15H20N4O/c1-2-3-9-19(14-7-5-4-6-8-14)15(20)12-18-11-13(16)10-17-18/h4-8,10-11H,2-3,9,12,16H2,1H3. The minimum absolute atomic E-state index is 0.0211. The van der Waals surface area contributed by atoms with E-state index < -0.39 is 0 Å². The molecular formula is C15H20N4O. The van der Waals surface area contributed by atoms with Gasteiger partial charge >= 0.3 is 0 Å². The number of aromatic nitrogens is 2.